The highest BCUT2D eigenvalue weighted by molar-refractivity contribution is 6.31. The summed E-state index contributed by atoms with van der Waals surface area (Å²) >= 11 is 6.50. The average Bonchev–Trinajstić information content (AvgIpc) is 2.89. The third kappa shape index (κ3) is 5.84. The molecule has 0 N–H and O–H groups in total. The Hall–Kier alpha value is -3.29. The minimum Gasteiger partial charge on any atom is -0.339 e. The molecule has 0 radical (unpaired) electrons. The molecular weight excluding hydrogens is 493 g/mol. The van der Waals surface area contributed by atoms with Gasteiger partial charge in [-0.05, 0) is 62.3 Å². The summed E-state index contributed by atoms with van der Waals surface area (Å²) in [4.78, 5) is 42.3. The highest BCUT2D eigenvalue weighted by Gasteiger charge is 2.30. The van der Waals surface area contributed by atoms with E-state index in [2.05, 4.69) is 4.90 Å². The van der Waals surface area contributed by atoms with Gasteiger partial charge in [0.2, 0.25) is 5.56 Å². The number of rotatable bonds is 7. The highest BCUT2D eigenvalue weighted by Crippen LogP contribution is 2.36. The van der Waals surface area contributed by atoms with E-state index in [1.807, 2.05) is 7.05 Å². The molecule has 1 aliphatic heterocycles. The van der Waals surface area contributed by atoms with Crippen molar-refractivity contribution in [1.29, 1.82) is 0 Å². The van der Waals surface area contributed by atoms with Crippen LogP contribution in [0.2, 0.25) is 5.02 Å². The molecule has 2 heterocycles. The fraction of sp³-hybridized carbons (Fsp3) is 0.345. The summed E-state index contributed by atoms with van der Waals surface area (Å²) in [6, 6.07) is 14.6. The lowest BCUT2D eigenvalue weighted by Crippen LogP contribution is -2.44. The van der Waals surface area contributed by atoms with Crippen LogP contribution < -0.4 is 5.56 Å². The lowest BCUT2D eigenvalue weighted by Gasteiger charge is -2.35. The molecule has 194 valence electrons. The van der Waals surface area contributed by atoms with Crippen LogP contribution in [-0.4, -0.2) is 59.3 Å². The van der Waals surface area contributed by atoms with E-state index in [1.165, 1.54) is 29.0 Å². The second kappa shape index (κ2) is 11.4. The van der Waals surface area contributed by atoms with Crippen molar-refractivity contribution in [3.63, 3.8) is 0 Å². The first-order valence-electron chi connectivity index (χ1n) is 12.4. The van der Waals surface area contributed by atoms with Crippen molar-refractivity contribution in [1.82, 2.24) is 14.4 Å². The van der Waals surface area contributed by atoms with Gasteiger partial charge in [-0.1, -0.05) is 41.9 Å². The standard InChI is InChI=1S/C29H31ClFN3O3/c1-32-15-13-20(14-16-32)34(3)29(37)23-9-6-8-22(28(23)31)24(21-7-4-5-10-25(21)30)17-26(35)19-11-12-27(36)33(2)18-19/h4-12,18,20,24H,13-17H2,1-3H3. The number of hydrogen-bond donors (Lipinski definition) is 0. The van der Waals surface area contributed by atoms with E-state index in [1.54, 1.807) is 55.4 Å². The number of carbonyl (C=O) groups excluding carboxylic acids is 2. The summed E-state index contributed by atoms with van der Waals surface area (Å²) in [6.45, 7) is 1.76. The number of amides is 1. The zero-order valence-corrected chi connectivity index (χ0v) is 22.0. The minimum absolute atomic E-state index is 0.0226. The number of aryl methyl sites for hydroxylation is 1. The van der Waals surface area contributed by atoms with Crippen LogP contribution in [-0.2, 0) is 7.05 Å². The Balaban J connectivity index is 1.70. The summed E-state index contributed by atoms with van der Waals surface area (Å²) in [5, 5.41) is 0.403. The summed E-state index contributed by atoms with van der Waals surface area (Å²) in [5.41, 5.74) is 0.910. The number of pyridine rings is 1. The Bertz CT molecular complexity index is 1360. The number of likely N-dealkylation sites (tertiary alicyclic amines) is 1. The molecule has 1 amide bonds. The van der Waals surface area contributed by atoms with Gasteiger partial charge in [0.1, 0.15) is 5.82 Å². The van der Waals surface area contributed by atoms with E-state index in [-0.39, 0.29) is 40.8 Å². The Kier molecular flexibility index (Phi) is 8.25. The van der Waals surface area contributed by atoms with Gasteiger partial charge < -0.3 is 14.4 Å². The van der Waals surface area contributed by atoms with Crippen LogP contribution in [0.4, 0.5) is 4.39 Å². The Morgan fingerprint density at radius 1 is 1.03 bits per heavy atom. The second-order valence-corrected chi connectivity index (χ2v) is 10.1. The number of halogens is 2. The molecule has 1 fully saturated rings. The van der Waals surface area contributed by atoms with E-state index < -0.39 is 11.7 Å². The van der Waals surface area contributed by atoms with Crippen molar-refractivity contribution in [3.05, 3.63) is 104 Å². The number of benzene rings is 2. The van der Waals surface area contributed by atoms with Crippen molar-refractivity contribution in [2.45, 2.75) is 31.2 Å². The van der Waals surface area contributed by atoms with Crippen molar-refractivity contribution in [2.24, 2.45) is 7.05 Å². The van der Waals surface area contributed by atoms with Gasteiger partial charge in [0, 0.05) is 55.3 Å². The maximum atomic E-state index is 16.1. The Morgan fingerprint density at radius 2 is 1.70 bits per heavy atom. The summed E-state index contributed by atoms with van der Waals surface area (Å²) in [6.07, 6.45) is 3.05. The molecule has 2 aromatic carbocycles. The Labute approximate surface area is 221 Å². The number of ketones is 1. The van der Waals surface area contributed by atoms with Crippen LogP contribution in [0.15, 0.2) is 65.6 Å². The molecule has 4 rings (SSSR count). The first-order chi connectivity index (χ1) is 17.7. The van der Waals surface area contributed by atoms with E-state index in [0.29, 0.717) is 16.1 Å². The van der Waals surface area contributed by atoms with Crippen LogP contribution in [0.25, 0.3) is 0 Å². The third-order valence-electron chi connectivity index (χ3n) is 7.27. The molecule has 0 spiro atoms. The number of piperidine rings is 1. The molecule has 0 aliphatic carbocycles. The van der Waals surface area contributed by atoms with Gasteiger partial charge in [0.05, 0.1) is 5.56 Å². The predicted octanol–water partition coefficient (Wildman–Crippen LogP) is 4.75. The highest BCUT2D eigenvalue weighted by atomic mass is 35.5. The molecule has 1 saturated heterocycles. The summed E-state index contributed by atoms with van der Waals surface area (Å²) in [7, 11) is 5.34. The largest absolute Gasteiger partial charge is 0.339 e. The maximum Gasteiger partial charge on any atom is 0.256 e. The molecule has 6 nitrogen and oxygen atoms in total. The molecule has 1 aromatic heterocycles. The Morgan fingerprint density at radius 3 is 2.38 bits per heavy atom. The fourth-order valence-corrected chi connectivity index (χ4v) is 5.20. The van der Waals surface area contributed by atoms with Crippen LogP contribution in [0, 0.1) is 5.82 Å². The molecule has 1 aliphatic rings. The summed E-state index contributed by atoms with van der Waals surface area (Å²) in [5.74, 6) is -2.01. The second-order valence-electron chi connectivity index (χ2n) is 9.73. The van der Waals surface area contributed by atoms with Crippen LogP contribution >= 0.6 is 11.6 Å². The van der Waals surface area contributed by atoms with E-state index in [4.69, 9.17) is 11.6 Å². The normalized spacial score (nSPS) is 15.4. The van der Waals surface area contributed by atoms with Gasteiger partial charge in [-0.15, -0.1) is 0 Å². The van der Waals surface area contributed by atoms with Gasteiger partial charge in [-0.2, -0.15) is 0 Å². The van der Waals surface area contributed by atoms with E-state index >= 15 is 4.39 Å². The zero-order valence-electron chi connectivity index (χ0n) is 21.3. The first kappa shape index (κ1) is 26.8. The van der Waals surface area contributed by atoms with E-state index in [0.717, 1.165) is 25.9 Å². The SMILES string of the molecule is CN1CCC(N(C)C(=O)c2cccc(C(CC(=O)c3ccc(=O)n(C)c3)c3ccccc3Cl)c2F)CC1. The third-order valence-corrected chi connectivity index (χ3v) is 7.61. The molecule has 8 heteroatoms. The van der Waals surface area contributed by atoms with Gasteiger partial charge >= 0.3 is 0 Å². The smallest absolute Gasteiger partial charge is 0.256 e. The number of carbonyl (C=O) groups is 2. The number of hydrogen-bond acceptors (Lipinski definition) is 4. The quantitative estimate of drug-likeness (QED) is 0.419. The zero-order chi connectivity index (χ0) is 26.7. The van der Waals surface area contributed by atoms with Gasteiger partial charge in [-0.3, -0.25) is 14.4 Å². The van der Waals surface area contributed by atoms with Crippen LogP contribution in [0.3, 0.4) is 0 Å². The number of aromatic nitrogens is 1. The minimum atomic E-state index is -0.722. The maximum absolute atomic E-state index is 16.1. The van der Waals surface area contributed by atoms with Crippen molar-refractivity contribution >= 4 is 23.3 Å². The molecular formula is C29H31ClFN3O3. The molecule has 0 saturated carbocycles. The van der Waals surface area contributed by atoms with Crippen LogP contribution in [0.5, 0.6) is 0 Å². The lowest BCUT2D eigenvalue weighted by atomic mass is 9.84. The van der Waals surface area contributed by atoms with Crippen molar-refractivity contribution < 1.29 is 14.0 Å². The van der Waals surface area contributed by atoms with Crippen molar-refractivity contribution in [3.8, 4) is 0 Å². The molecule has 0 bridgehead atoms. The molecule has 1 atom stereocenters. The average molecular weight is 524 g/mol. The molecule has 37 heavy (non-hydrogen) atoms. The van der Waals surface area contributed by atoms with Crippen molar-refractivity contribution in [2.75, 3.05) is 27.2 Å². The van der Waals surface area contributed by atoms with E-state index in [9.17, 15) is 14.4 Å². The summed E-state index contributed by atoms with van der Waals surface area (Å²) < 4.78 is 17.4. The number of nitrogens with zero attached hydrogens (tertiary/aromatic N) is 3. The fourth-order valence-electron chi connectivity index (χ4n) is 4.93. The topological polar surface area (TPSA) is 62.6 Å². The van der Waals surface area contributed by atoms with Crippen LogP contribution in [0.1, 0.15) is 57.0 Å². The number of Topliss-reactive ketones (excluding diaryl/α,β-unsaturated/α-hetero) is 1. The van der Waals surface area contributed by atoms with Gasteiger partial charge in [-0.25, -0.2) is 4.39 Å². The lowest BCUT2D eigenvalue weighted by molar-refractivity contribution is 0.0654. The van der Waals surface area contributed by atoms with Gasteiger partial charge in [0.25, 0.3) is 5.91 Å². The van der Waals surface area contributed by atoms with Gasteiger partial charge in [0.15, 0.2) is 5.78 Å². The molecule has 3 aromatic rings. The predicted molar refractivity (Wildman–Crippen MR) is 143 cm³/mol. The monoisotopic (exact) mass is 523 g/mol. The first-order valence-corrected chi connectivity index (χ1v) is 12.7. The molecule has 1 unspecified atom stereocenters.